The van der Waals surface area contributed by atoms with Crippen LogP contribution in [0.15, 0.2) is 96.1 Å². The maximum Gasteiger partial charge on any atom is 0.260 e. The van der Waals surface area contributed by atoms with E-state index in [-0.39, 0.29) is 36.4 Å². The van der Waals surface area contributed by atoms with Crippen molar-refractivity contribution in [1.29, 1.82) is 0 Å². The van der Waals surface area contributed by atoms with E-state index in [2.05, 4.69) is 15.6 Å². The SMILES string of the molecule is COc1ccc2cc1-c1cccc(c1)OCC(=O)NCc1ccc(cc1)O[C@@H]1CCN(C(=O)c3ccc4c(=O)n(C)cnc4c3)C[C@H]1NC2=O. The molecule has 0 spiro atoms. The normalized spacial score (nSPS) is 17.8. The van der Waals surface area contributed by atoms with Crippen LogP contribution in [0.2, 0.25) is 0 Å². The van der Waals surface area contributed by atoms with Gasteiger partial charge in [-0.25, -0.2) is 4.98 Å². The topological polar surface area (TPSA) is 141 Å². The largest absolute Gasteiger partial charge is 0.496 e. The Labute approximate surface area is 287 Å². The van der Waals surface area contributed by atoms with E-state index in [1.807, 2.05) is 36.4 Å². The van der Waals surface area contributed by atoms with Crippen molar-refractivity contribution in [3.05, 3.63) is 118 Å². The van der Waals surface area contributed by atoms with Crippen LogP contribution >= 0.6 is 0 Å². The predicted octanol–water partition coefficient (Wildman–Crippen LogP) is 3.71. The number of carbonyl (C=O) groups excluding carboxylic acids is 3. The zero-order valence-electron chi connectivity index (χ0n) is 27.5. The molecule has 6 bridgehead atoms. The van der Waals surface area contributed by atoms with E-state index < -0.39 is 12.1 Å². The molecule has 2 N–H and O–H groups in total. The highest BCUT2D eigenvalue weighted by Gasteiger charge is 2.35. The number of piperidine rings is 1. The molecule has 4 heterocycles. The second-order valence-corrected chi connectivity index (χ2v) is 12.3. The van der Waals surface area contributed by atoms with E-state index in [9.17, 15) is 19.2 Å². The van der Waals surface area contributed by atoms with Crippen LogP contribution in [0.1, 0.15) is 32.7 Å². The molecule has 50 heavy (non-hydrogen) atoms. The van der Waals surface area contributed by atoms with Gasteiger partial charge in [0.2, 0.25) is 0 Å². The minimum absolute atomic E-state index is 0.162. The number of rotatable bonds is 2. The lowest BCUT2D eigenvalue weighted by Crippen LogP contribution is -2.58. The Balaban J connectivity index is 1.21. The summed E-state index contributed by atoms with van der Waals surface area (Å²) in [5.74, 6) is 0.782. The lowest BCUT2D eigenvalue weighted by Gasteiger charge is -2.39. The number of methoxy groups -OCH3 is 1. The molecule has 3 amide bonds. The number of aromatic nitrogens is 2. The maximum absolute atomic E-state index is 13.9. The number of ether oxygens (including phenoxy) is 3. The zero-order chi connectivity index (χ0) is 34.8. The maximum atomic E-state index is 13.9. The van der Waals surface area contributed by atoms with Gasteiger partial charge in [-0.3, -0.25) is 19.2 Å². The van der Waals surface area contributed by atoms with Crippen molar-refractivity contribution < 1.29 is 28.6 Å². The highest BCUT2D eigenvalue weighted by atomic mass is 16.5. The fourth-order valence-electron chi connectivity index (χ4n) is 6.26. The Morgan fingerprint density at radius 2 is 1.78 bits per heavy atom. The molecule has 0 saturated carbocycles. The fraction of sp³-hybridized carbons (Fsp3) is 0.237. The van der Waals surface area contributed by atoms with Crippen LogP contribution in [0.4, 0.5) is 0 Å². The van der Waals surface area contributed by atoms with Crippen molar-refractivity contribution >= 4 is 28.6 Å². The standard InChI is InChI=1S/C38H35N5O7/c1-42-22-40-31-18-26(8-12-29(31)38(42)47)37(46)43-15-14-34-32(20-43)41-36(45)25-9-13-33(48-2)30(17-25)24-4-3-5-28(16-24)49-21-35(44)39-19-23-6-10-27(50-34)11-7-23/h3-13,16-18,22,32,34H,14-15,19-21H2,1-2H3,(H,39,44)(H,41,45)/t32-,34-/m1/s1. The minimum Gasteiger partial charge on any atom is -0.496 e. The van der Waals surface area contributed by atoms with Crippen molar-refractivity contribution in [3.8, 4) is 28.4 Å². The molecule has 254 valence electrons. The molecular weight excluding hydrogens is 638 g/mol. The molecule has 1 saturated heterocycles. The van der Waals surface area contributed by atoms with Crippen LogP contribution in [0, 0.1) is 0 Å². The average molecular weight is 674 g/mol. The number of nitrogens with zero attached hydrogens (tertiary/aromatic N) is 3. The number of benzene rings is 4. The number of fused-ring (bicyclic) bond motifs is 8. The molecule has 8 rings (SSSR count). The summed E-state index contributed by atoms with van der Waals surface area (Å²) >= 11 is 0. The Hall–Kier alpha value is -6.17. The summed E-state index contributed by atoms with van der Waals surface area (Å²) in [6.45, 7) is 0.714. The highest BCUT2D eigenvalue weighted by Crippen LogP contribution is 2.33. The van der Waals surface area contributed by atoms with Crippen LogP contribution in [0.25, 0.3) is 22.0 Å². The average Bonchev–Trinajstić information content (AvgIpc) is 3.15. The summed E-state index contributed by atoms with van der Waals surface area (Å²) < 4.78 is 19.2. The molecule has 12 nitrogen and oxygen atoms in total. The first-order chi connectivity index (χ1) is 24.2. The molecular formula is C38H35N5O7. The van der Waals surface area contributed by atoms with Crippen molar-refractivity contribution in [2.75, 3.05) is 26.8 Å². The van der Waals surface area contributed by atoms with Crippen LogP contribution in [-0.2, 0) is 18.4 Å². The second-order valence-electron chi connectivity index (χ2n) is 12.3. The van der Waals surface area contributed by atoms with Gasteiger partial charge in [-0.1, -0.05) is 24.3 Å². The lowest BCUT2D eigenvalue weighted by molar-refractivity contribution is -0.123. The molecule has 2 atom stereocenters. The summed E-state index contributed by atoms with van der Waals surface area (Å²) in [6, 6.07) is 24.1. The van der Waals surface area contributed by atoms with Crippen LogP contribution < -0.4 is 30.4 Å². The van der Waals surface area contributed by atoms with E-state index in [0.29, 0.717) is 64.4 Å². The molecule has 3 aliphatic heterocycles. The van der Waals surface area contributed by atoms with Gasteiger partial charge < -0.3 is 34.3 Å². The molecule has 0 radical (unpaired) electrons. The highest BCUT2D eigenvalue weighted by molar-refractivity contribution is 5.98. The molecule has 3 aliphatic rings. The summed E-state index contributed by atoms with van der Waals surface area (Å²) in [4.78, 5) is 58.9. The second kappa shape index (κ2) is 13.7. The van der Waals surface area contributed by atoms with Gasteiger partial charge in [-0.05, 0) is 71.8 Å². The molecule has 0 unspecified atom stereocenters. The van der Waals surface area contributed by atoms with Crippen LogP contribution in [0.5, 0.6) is 17.2 Å². The fourth-order valence-corrected chi connectivity index (χ4v) is 6.26. The summed E-state index contributed by atoms with van der Waals surface area (Å²) in [7, 11) is 3.18. The monoisotopic (exact) mass is 673 g/mol. The first-order valence-corrected chi connectivity index (χ1v) is 16.2. The van der Waals surface area contributed by atoms with E-state index in [1.54, 1.807) is 67.6 Å². The van der Waals surface area contributed by atoms with Crippen molar-refractivity contribution in [1.82, 2.24) is 25.1 Å². The van der Waals surface area contributed by atoms with E-state index >= 15 is 0 Å². The first-order valence-electron chi connectivity index (χ1n) is 16.2. The van der Waals surface area contributed by atoms with Gasteiger partial charge in [0.25, 0.3) is 23.3 Å². The third-order valence-electron chi connectivity index (χ3n) is 9.00. The summed E-state index contributed by atoms with van der Waals surface area (Å²) in [5.41, 5.74) is 3.29. The lowest BCUT2D eigenvalue weighted by atomic mass is 9.98. The molecule has 4 aromatic carbocycles. The number of hydrogen-bond donors (Lipinski definition) is 2. The minimum atomic E-state index is -0.571. The van der Waals surface area contributed by atoms with Gasteiger partial charge in [-0.2, -0.15) is 0 Å². The smallest absolute Gasteiger partial charge is 0.260 e. The van der Waals surface area contributed by atoms with Crippen molar-refractivity contribution in [2.45, 2.75) is 25.1 Å². The van der Waals surface area contributed by atoms with Gasteiger partial charge >= 0.3 is 0 Å². The van der Waals surface area contributed by atoms with E-state index in [0.717, 1.165) is 11.1 Å². The molecule has 0 aliphatic carbocycles. The Morgan fingerprint density at radius 3 is 2.60 bits per heavy atom. The van der Waals surface area contributed by atoms with Gasteiger partial charge in [-0.15, -0.1) is 0 Å². The summed E-state index contributed by atoms with van der Waals surface area (Å²) in [6.07, 6.45) is 1.42. The quantitative estimate of drug-likeness (QED) is 0.289. The number of nitrogens with one attached hydrogen (secondary N) is 2. The number of hydrogen-bond acceptors (Lipinski definition) is 8. The number of aryl methyl sites for hydroxylation is 1. The Morgan fingerprint density at radius 1 is 0.940 bits per heavy atom. The molecule has 1 aromatic heterocycles. The Kier molecular flexibility index (Phi) is 8.90. The van der Waals surface area contributed by atoms with E-state index in [4.69, 9.17) is 14.2 Å². The zero-order valence-corrected chi connectivity index (χ0v) is 27.5. The third-order valence-corrected chi connectivity index (χ3v) is 9.00. The molecule has 12 heteroatoms. The summed E-state index contributed by atoms with van der Waals surface area (Å²) in [5, 5.41) is 6.44. The number of likely N-dealkylation sites (tertiary alicyclic amines) is 1. The first kappa shape index (κ1) is 32.4. The third kappa shape index (κ3) is 6.73. The molecule has 1 fully saturated rings. The Bertz CT molecular complexity index is 2160. The van der Waals surface area contributed by atoms with Gasteiger partial charge in [0.05, 0.1) is 30.4 Å². The van der Waals surface area contributed by atoms with E-state index in [1.165, 1.54) is 10.9 Å². The van der Waals surface area contributed by atoms with Gasteiger partial charge in [0.15, 0.2) is 6.61 Å². The molecule has 5 aromatic rings. The van der Waals surface area contributed by atoms with Gasteiger partial charge in [0, 0.05) is 49.8 Å². The van der Waals surface area contributed by atoms with Crippen molar-refractivity contribution in [2.24, 2.45) is 7.05 Å². The number of amides is 3. The van der Waals surface area contributed by atoms with Gasteiger partial charge in [0.1, 0.15) is 23.4 Å². The van der Waals surface area contributed by atoms with Crippen LogP contribution in [0.3, 0.4) is 0 Å². The van der Waals surface area contributed by atoms with Crippen molar-refractivity contribution in [3.63, 3.8) is 0 Å². The van der Waals surface area contributed by atoms with Crippen LogP contribution in [-0.4, -0.2) is 71.1 Å². The predicted molar refractivity (Wildman–Crippen MR) is 185 cm³/mol. The number of carbonyl (C=O) groups is 3.